The van der Waals surface area contributed by atoms with Gasteiger partial charge in [0, 0.05) is 12.1 Å². The van der Waals surface area contributed by atoms with Crippen molar-refractivity contribution >= 4 is 22.4 Å². The molecule has 20 heavy (non-hydrogen) atoms. The Morgan fingerprint density at radius 1 is 1.40 bits per heavy atom. The van der Waals surface area contributed by atoms with E-state index in [2.05, 4.69) is 4.72 Å². The number of sulfonamides is 1. The Kier molecular flexibility index (Phi) is 5.43. The molecule has 0 unspecified atom stereocenters. The molecule has 0 bridgehead atoms. The van der Waals surface area contributed by atoms with Gasteiger partial charge in [0.05, 0.1) is 11.5 Å². The first-order chi connectivity index (χ1) is 8.78. The second kappa shape index (κ2) is 6.30. The van der Waals surface area contributed by atoms with E-state index in [-0.39, 0.29) is 23.8 Å². The lowest BCUT2D eigenvalue weighted by Gasteiger charge is -2.20. The summed E-state index contributed by atoms with van der Waals surface area (Å²) >= 11 is 0. The molecule has 0 amide bonds. The molecule has 3 N–H and O–H groups in total. The minimum Gasteiger partial charge on any atom is -0.493 e. The Hall–Kier alpha value is -0.820. The Balaban J connectivity index is 0.00000200. The quantitative estimate of drug-likeness (QED) is 0.879. The van der Waals surface area contributed by atoms with Gasteiger partial charge in [-0.05, 0) is 50.5 Å². The van der Waals surface area contributed by atoms with Crippen molar-refractivity contribution in [3.8, 4) is 5.75 Å². The van der Waals surface area contributed by atoms with Crippen molar-refractivity contribution in [2.24, 2.45) is 5.73 Å². The van der Waals surface area contributed by atoms with Crippen LogP contribution in [-0.4, -0.2) is 27.1 Å². The highest BCUT2D eigenvalue weighted by atomic mass is 35.5. The Labute approximate surface area is 126 Å². The smallest absolute Gasteiger partial charge is 0.240 e. The number of benzene rings is 1. The first kappa shape index (κ1) is 17.2. The van der Waals surface area contributed by atoms with Crippen LogP contribution in [0.1, 0.15) is 25.8 Å². The summed E-state index contributed by atoms with van der Waals surface area (Å²) in [4.78, 5) is 0.265. The molecule has 0 saturated carbocycles. The fourth-order valence-corrected chi connectivity index (χ4v) is 3.14. The van der Waals surface area contributed by atoms with E-state index in [9.17, 15) is 8.42 Å². The van der Waals surface area contributed by atoms with Crippen LogP contribution in [0.15, 0.2) is 23.1 Å². The maximum atomic E-state index is 12.2. The first-order valence-electron chi connectivity index (χ1n) is 6.32. The van der Waals surface area contributed by atoms with Gasteiger partial charge in [0.2, 0.25) is 10.0 Å². The number of nitrogens with one attached hydrogen (secondary N) is 1. The molecule has 114 valence electrons. The van der Waals surface area contributed by atoms with E-state index in [1.165, 1.54) is 0 Å². The van der Waals surface area contributed by atoms with E-state index in [4.69, 9.17) is 10.5 Å². The largest absolute Gasteiger partial charge is 0.493 e. The predicted molar refractivity (Wildman–Crippen MR) is 81.0 cm³/mol. The summed E-state index contributed by atoms with van der Waals surface area (Å²) < 4.78 is 32.3. The van der Waals surface area contributed by atoms with Crippen LogP contribution in [0, 0.1) is 0 Å². The normalized spacial score (nSPS) is 14.9. The molecule has 0 aromatic heterocycles. The lowest BCUT2D eigenvalue weighted by atomic mass is 10.1. The van der Waals surface area contributed by atoms with Crippen molar-refractivity contribution in [3.63, 3.8) is 0 Å². The number of hydrogen-bond donors (Lipinski definition) is 2. The molecule has 0 spiro atoms. The zero-order chi connectivity index (χ0) is 14.1. The molecule has 5 nitrogen and oxygen atoms in total. The van der Waals surface area contributed by atoms with Crippen LogP contribution in [0.2, 0.25) is 0 Å². The van der Waals surface area contributed by atoms with Gasteiger partial charge >= 0.3 is 0 Å². The molecule has 0 radical (unpaired) electrons. The fraction of sp³-hybridized carbons (Fsp3) is 0.538. The van der Waals surface area contributed by atoms with Crippen LogP contribution < -0.4 is 15.2 Å². The van der Waals surface area contributed by atoms with E-state index in [0.29, 0.717) is 6.61 Å². The van der Waals surface area contributed by atoms with Crippen LogP contribution in [0.25, 0.3) is 0 Å². The van der Waals surface area contributed by atoms with Gasteiger partial charge in [0.1, 0.15) is 5.75 Å². The van der Waals surface area contributed by atoms with Crippen LogP contribution in [0.5, 0.6) is 5.75 Å². The average molecular weight is 321 g/mol. The fourth-order valence-electron chi connectivity index (χ4n) is 1.87. The molecule has 0 aliphatic carbocycles. The van der Waals surface area contributed by atoms with Crippen LogP contribution in [0.3, 0.4) is 0 Å². The van der Waals surface area contributed by atoms with Crippen molar-refractivity contribution in [2.75, 3.05) is 13.2 Å². The lowest BCUT2D eigenvalue weighted by molar-refractivity contribution is 0.288. The molecule has 0 saturated heterocycles. The standard InChI is InChI=1S/C13H20N2O3S.ClH/c1-13(2,14)9-15-19(16,17)11-5-6-12-10(8-11)4-3-7-18-12;/h5-6,8,15H,3-4,7,9,14H2,1-2H3;1H. The number of halogens is 1. The molecule has 1 aliphatic heterocycles. The van der Waals surface area contributed by atoms with Gasteiger partial charge in [-0.3, -0.25) is 0 Å². The minimum absolute atomic E-state index is 0. The van der Waals surface area contributed by atoms with E-state index in [0.717, 1.165) is 24.2 Å². The summed E-state index contributed by atoms with van der Waals surface area (Å²) in [6.45, 7) is 4.44. The maximum absolute atomic E-state index is 12.2. The zero-order valence-electron chi connectivity index (χ0n) is 11.7. The van der Waals surface area contributed by atoms with Crippen molar-refractivity contribution in [1.82, 2.24) is 4.72 Å². The highest BCUT2D eigenvalue weighted by Crippen LogP contribution is 2.27. The van der Waals surface area contributed by atoms with Crippen LogP contribution >= 0.6 is 12.4 Å². The summed E-state index contributed by atoms with van der Waals surface area (Å²) in [5.41, 5.74) is 6.15. The second-order valence-corrected chi connectivity index (χ2v) is 7.30. The molecule has 1 aromatic carbocycles. The SMILES string of the molecule is CC(C)(N)CNS(=O)(=O)c1ccc2c(c1)CCCO2.Cl. The van der Waals surface area contributed by atoms with Crippen molar-refractivity contribution < 1.29 is 13.2 Å². The molecule has 7 heteroatoms. The molecule has 1 heterocycles. The van der Waals surface area contributed by atoms with Gasteiger partial charge in [0.25, 0.3) is 0 Å². The Morgan fingerprint density at radius 3 is 2.75 bits per heavy atom. The van der Waals surface area contributed by atoms with Gasteiger partial charge in [-0.2, -0.15) is 0 Å². The Morgan fingerprint density at radius 2 is 2.10 bits per heavy atom. The van der Waals surface area contributed by atoms with Gasteiger partial charge in [-0.25, -0.2) is 13.1 Å². The predicted octanol–water partition coefficient (Wildman–Crippen LogP) is 1.45. The third kappa shape index (κ3) is 4.34. The Bertz CT molecular complexity index is 567. The number of rotatable bonds is 4. The van der Waals surface area contributed by atoms with E-state index < -0.39 is 15.6 Å². The molecule has 0 fully saturated rings. The van der Waals surface area contributed by atoms with E-state index >= 15 is 0 Å². The molecule has 1 aromatic rings. The monoisotopic (exact) mass is 320 g/mol. The third-order valence-corrected chi connectivity index (χ3v) is 4.31. The zero-order valence-corrected chi connectivity index (χ0v) is 13.3. The summed E-state index contributed by atoms with van der Waals surface area (Å²) in [6.07, 6.45) is 1.76. The van der Waals surface area contributed by atoms with E-state index in [1.807, 2.05) is 0 Å². The molecular weight excluding hydrogens is 300 g/mol. The molecule has 2 rings (SSSR count). The van der Waals surface area contributed by atoms with Crippen LogP contribution in [0.4, 0.5) is 0 Å². The lowest BCUT2D eigenvalue weighted by Crippen LogP contribution is -2.45. The van der Waals surface area contributed by atoms with Gasteiger partial charge < -0.3 is 10.5 Å². The molecule has 1 aliphatic rings. The number of nitrogens with two attached hydrogens (primary N) is 1. The van der Waals surface area contributed by atoms with Gasteiger partial charge in [-0.15, -0.1) is 12.4 Å². The molecule has 0 atom stereocenters. The third-order valence-electron chi connectivity index (χ3n) is 2.91. The second-order valence-electron chi connectivity index (χ2n) is 5.53. The summed E-state index contributed by atoms with van der Waals surface area (Å²) in [6, 6.07) is 4.97. The number of ether oxygens (including phenoxy) is 1. The highest BCUT2D eigenvalue weighted by molar-refractivity contribution is 7.89. The average Bonchev–Trinajstić information content (AvgIpc) is 2.35. The first-order valence-corrected chi connectivity index (χ1v) is 7.80. The van der Waals surface area contributed by atoms with Crippen LogP contribution in [-0.2, 0) is 16.4 Å². The van der Waals surface area contributed by atoms with Crippen molar-refractivity contribution in [1.29, 1.82) is 0 Å². The van der Waals surface area contributed by atoms with Gasteiger partial charge in [-0.1, -0.05) is 0 Å². The summed E-state index contributed by atoms with van der Waals surface area (Å²) in [5, 5.41) is 0. The highest BCUT2D eigenvalue weighted by Gasteiger charge is 2.20. The summed E-state index contributed by atoms with van der Waals surface area (Å²) in [7, 11) is -3.51. The van der Waals surface area contributed by atoms with Gasteiger partial charge in [0.15, 0.2) is 0 Å². The number of fused-ring (bicyclic) bond motifs is 1. The topological polar surface area (TPSA) is 81.4 Å². The number of hydrogen-bond acceptors (Lipinski definition) is 4. The van der Waals surface area contributed by atoms with Crippen molar-refractivity contribution in [3.05, 3.63) is 23.8 Å². The maximum Gasteiger partial charge on any atom is 0.240 e. The van der Waals surface area contributed by atoms with Crippen molar-refractivity contribution in [2.45, 2.75) is 37.1 Å². The summed E-state index contributed by atoms with van der Waals surface area (Å²) in [5.74, 6) is 0.782. The number of aryl methyl sites for hydroxylation is 1. The van der Waals surface area contributed by atoms with E-state index in [1.54, 1.807) is 32.0 Å². The molecular formula is C13H21ClN2O3S. The minimum atomic E-state index is -3.51.